The first-order valence-electron chi connectivity index (χ1n) is 7.92. The maximum Gasteiger partial charge on any atom is 0.244 e. The van der Waals surface area contributed by atoms with Gasteiger partial charge in [0.1, 0.15) is 16.4 Å². The smallest absolute Gasteiger partial charge is 0.244 e. The lowest BCUT2D eigenvalue weighted by Crippen LogP contribution is -2.37. The predicted molar refractivity (Wildman–Crippen MR) is 89.8 cm³/mol. The summed E-state index contributed by atoms with van der Waals surface area (Å²) in [7, 11) is -0.646. The SMILES string of the molecule is COc1cc(S(=O)(=O)NCCN2CCCCC2)c(OC)cc1C. The molecule has 0 radical (unpaired) electrons. The summed E-state index contributed by atoms with van der Waals surface area (Å²) in [6, 6.07) is 3.19. The van der Waals surface area contributed by atoms with Gasteiger partial charge in [0.15, 0.2) is 0 Å². The molecule has 23 heavy (non-hydrogen) atoms. The van der Waals surface area contributed by atoms with E-state index in [1.54, 1.807) is 6.07 Å². The lowest BCUT2D eigenvalue weighted by molar-refractivity contribution is 0.232. The number of aryl methyl sites for hydroxylation is 1. The van der Waals surface area contributed by atoms with Crippen molar-refractivity contribution >= 4 is 10.0 Å². The Morgan fingerprint density at radius 1 is 1.09 bits per heavy atom. The Balaban J connectivity index is 2.08. The molecule has 0 spiro atoms. The number of ether oxygens (including phenoxy) is 2. The molecule has 1 saturated heterocycles. The van der Waals surface area contributed by atoms with Crippen molar-refractivity contribution in [1.82, 2.24) is 9.62 Å². The van der Waals surface area contributed by atoms with E-state index in [9.17, 15) is 8.42 Å². The van der Waals surface area contributed by atoms with E-state index in [-0.39, 0.29) is 4.90 Å². The Labute approximate surface area is 138 Å². The van der Waals surface area contributed by atoms with E-state index < -0.39 is 10.0 Å². The maximum absolute atomic E-state index is 12.6. The molecule has 2 rings (SSSR count). The monoisotopic (exact) mass is 342 g/mol. The van der Waals surface area contributed by atoms with Crippen molar-refractivity contribution in [3.05, 3.63) is 17.7 Å². The van der Waals surface area contributed by atoms with E-state index in [1.165, 1.54) is 39.5 Å². The van der Waals surface area contributed by atoms with Crippen molar-refractivity contribution < 1.29 is 17.9 Å². The van der Waals surface area contributed by atoms with Crippen LogP contribution in [0.15, 0.2) is 17.0 Å². The number of rotatable bonds is 7. The van der Waals surface area contributed by atoms with Crippen LogP contribution in [-0.2, 0) is 10.0 Å². The largest absolute Gasteiger partial charge is 0.496 e. The van der Waals surface area contributed by atoms with Gasteiger partial charge in [-0.05, 0) is 44.5 Å². The fourth-order valence-corrected chi connectivity index (χ4v) is 4.02. The molecule has 0 aliphatic carbocycles. The third-order valence-corrected chi connectivity index (χ3v) is 5.62. The molecule has 0 bridgehead atoms. The average molecular weight is 342 g/mol. The molecule has 0 aromatic heterocycles. The minimum atomic E-state index is -3.63. The van der Waals surface area contributed by atoms with Gasteiger partial charge < -0.3 is 14.4 Å². The van der Waals surface area contributed by atoms with E-state index in [1.807, 2.05) is 6.92 Å². The van der Waals surface area contributed by atoms with E-state index in [2.05, 4.69) is 9.62 Å². The number of nitrogens with zero attached hydrogens (tertiary/aromatic N) is 1. The highest BCUT2D eigenvalue weighted by atomic mass is 32.2. The van der Waals surface area contributed by atoms with Gasteiger partial charge in [-0.3, -0.25) is 0 Å². The van der Waals surface area contributed by atoms with Crippen LogP contribution in [0.2, 0.25) is 0 Å². The predicted octanol–water partition coefficient (Wildman–Crippen LogP) is 1.78. The van der Waals surface area contributed by atoms with Gasteiger partial charge in [-0.1, -0.05) is 6.42 Å². The van der Waals surface area contributed by atoms with Crippen LogP contribution in [0.3, 0.4) is 0 Å². The van der Waals surface area contributed by atoms with Crippen LogP contribution in [0.4, 0.5) is 0 Å². The molecule has 1 aromatic rings. The molecule has 6 nitrogen and oxygen atoms in total. The zero-order valence-electron chi connectivity index (χ0n) is 14.1. The molecule has 1 aromatic carbocycles. The van der Waals surface area contributed by atoms with Crippen LogP contribution >= 0.6 is 0 Å². The molecule has 0 atom stereocenters. The highest BCUT2D eigenvalue weighted by Gasteiger charge is 2.22. The summed E-state index contributed by atoms with van der Waals surface area (Å²) in [6.45, 7) is 5.06. The van der Waals surface area contributed by atoms with Crippen molar-refractivity contribution in [2.45, 2.75) is 31.1 Å². The van der Waals surface area contributed by atoms with E-state index in [4.69, 9.17) is 9.47 Å². The summed E-state index contributed by atoms with van der Waals surface area (Å²) < 4.78 is 38.2. The number of benzene rings is 1. The number of hydrogen-bond donors (Lipinski definition) is 1. The molecular formula is C16H26N2O4S. The molecule has 1 aliphatic rings. The van der Waals surface area contributed by atoms with Crippen molar-refractivity contribution in [3.63, 3.8) is 0 Å². The second-order valence-electron chi connectivity index (χ2n) is 5.77. The molecule has 0 saturated carbocycles. The molecule has 130 valence electrons. The lowest BCUT2D eigenvalue weighted by atomic mass is 10.1. The standard InChI is InChI=1S/C16H26N2O4S/c1-13-11-15(22-3)16(12-14(13)21-2)23(19,20)17-7-10-18-8-5-4-6-9-18/h11-12,17H,4-10H2,1-3H3. The Kier molecular flexibility index (Phi) is 6.26. The van der Waals surface area contributed by atoms with Crippen LogP contribution in [0.25, 0.3) is 0 Å². The third-order valence-electron chi connectivity index (χ3n) is 4.14. The first-order chi connectivity index (χ1) is 11.0. The highest BCUT2D eigenvalue weighted by molar-refractivity contribution is 7.89. The highest BCUT2D eigenvalue weighted by Crippen LogP contribution is 2.31. The molecule has 0 unspecified atom stereocenters. The summed E-state index contributed by atoms with van der Waals surface area (Å²) in [5, 5.41) is 0. The first-order valence-corrected chi connectivity index (χ1v) is 9.41. The summed E-state index contributed by atoms with van der Waals surface area (Å²) in [5.74, 6) is 0.857. The normalized spacial score (nSPS) is 16.3. The number of sulfonamides is 1. The van der Waals surface area contributed by atoms with Crippen LogP contribution in [0, 0.1) is 6.92 Å². The molecule has 1 heterocycles. The molecular weight excluding hydrogens is 316 g/mol. The molecule has 7 heteroatoms. The first kappa shape index (κ1) is 18.0. The van der Waals surface area contributed by atoms with Crippen LogP contribution in [0.5, 0.6) is 11.5 Å². The van der Waals surface area contributed by atoms with Gasteiger partial charge in [0, 0.05) is 19.2 Å². The van der Waals surface area contributed by atoms with E-state index in [0.29, 0.717) is 18.0 Å². The van der Waals surface area contributed by atoms with Crippen molar-refractivity contribution in [2.24, 2.45) is 0 Å². The summed E-state index contributed by atoms with van der Waals surface area (Å²) in [5.41, 5.74) is 0.830. The lowest BCUT2D eigenvalue weighted by Gasteiger charge is -2.26. The number of likely N-dealkylation sites (tertiary alicyclic amines) is 1. The zero-order chi connectivity index (χ0) is 16.9. The van der Waals surface area contributed by atoms with Gasteiger partial charge >= 0.3 is 0 Å². The number of nitrogens with one attached hydrogen (secondary N) is 1. The second kappa shape index (κ2) is 7.99. The Hall–Kier alpha value is -1.31. The fourth-order valence-electron chi connectivity index (χ4n) is 2.83. The minimum absolute atomic E-state index is 0.112. The maximum atomic E-state index is 12.6. The van der Waals surface area contributed by atoms with Crippen molar-refractivity contribution in [2.75, 3.05) is 40.4 Å². The van der Waals surface area contributed by atoms with Crippen LogP contribution < -0.4 is 14.2 Å². The Morgan fingerprint density at radius 2 is 1.74 bits per heavy atom. The van der Waals surface area contributed by atoms with Crippen molar-refractivity contribution in [1.29, 1.82) is 0 Å². The molecule has 0 amide bonds. The van der Waals surface area contributed by atoms with E-state index in [0.717, 1.165) is 25.2 Å². The van der Waals surface area contributed by atoms with E-state index >= 15 is 0 Å². The molecule has 1 fully saturated rings. The Morgan fingerprint density at radius 3 is 2.35 bits per heavy atom. The second-order valence-corrected chi connectivity index (χ2v) is 7.51. The summed E-state index contributed by atoms with van der Waals surface area (Å²) >= 11 is 0. The Bertz CT molecular complexity index is 625. The molecule has 1 aliphatic heterocycles. The summed E-state index contributed by atoms with van der Waals surface area (Å²) in [4.78, 5) is 2.40. The van der Waals surface area contributed by atoms with Gasteiger partial charge in [-0.2, -0.15) is 0 Å². The zero-order valence-corrected chi connectivity index (χ0v) is 14.9. The van der Waals surface area contributed by atoms with Crippen LogP contribution in [0.1, 0.15) is 24.8 Å². The van der Waals surface area contributed by atoms with Crippen LogP contribution in [-0.4, -0.2) is 53.7 Å². The van der Waals surface area contributed by atoms with Gasteiger partial charge in [-0.25, -0.2) is 13.1 Å². The average Bonchev–Trinajstić information content (AvgIpc) is 2.55. The van der Waals surface area contributed by atoms with Gasteiger partial charge in [0.25, 0.3) is 0 Å². The van der Waals surface area contributed by atoms with Gasteiger partial charge in [0.2, 0.25) is 10.0 Å². The fraction of sp³-hybridized carbons (Fsp3) is 0.625. The minimum Gasteiger partial charge on any atom is -0.496 e. The third kappa shape index (κ3) is 4.59. The number of methoxy groups -OCH3 is 2. The topological polar surface area (TPSA) is 67.9 Å². The van der Waals surface area contributed by atoms with Gasteiger partial charge in [-0.15, -0.1) is 0 Å². The number of hydrogen-bond acceptors (Lipinski definition) is 5. The summed E-state index contributed by atoms with van der Waals surface area (Å²) in [6.07, 6.45) is 3.65. The van der Waals surface area contributed by atoms with Gasteiger partial charge in [0.05, 0.1) is 14.2 Å². The number of piperidine rings is 1. The quantitative estimate of drug-likeness (QED) is 0.818. The van der Waals surface area contributed by atoms with Crippen molar-refractivity contribution in [3.8, 4) is 11.5 Å². The molecule has 1 N–H and O–H groups in total.